The predicted molar refractivity (Wildman–Crippen MR) is 76.0 cm³/mol. The van der Waals surface area contributed by atoms with Crippen LogP contribution in [0, 0.1) is 0 Å². The van der Waals surface area contributed by atoms with Crippen LogP contribution < -0.4 is 5.73 Å². The minimum atomic E-state index is 0.443. The first-order chi connectivity index (χ1) is 8.65. The second kappa shape index (κ2) is 4.26. The third kappa shape index (κ3) is 1.85. The van der Waals surface area contributed by atoms with Crippen molar-refractivity contribution < 1.29 is 0 Å². The van der Waals surface area contributed by atoms with E-state index < -0.39 is 0 Å². The monoisotopic (exact) mass is 322 g/mol. The van der Waals surface area contributed by atoms with Crippen LogP contribution in [0.4, 0.5) is 5.82 Å². The maximum atomic E-state index is 5.98. The molecule has 0 aliphatic carbocycles. The van der Waals surface area contributed by atoms with E-state index in [4.69, 9.17) is 17.3 Å². The van der Waals surface area contributed by atoms with Crippen molar-refractivity contribution in [2.75, 3.05) is 5.73 Å². The SMILES string of the molecule is Nc1nn(-c2cccc(Cl)c2)c2ncc(Br)cc12. The highest BCUT2D eigenvalue weighted by Crippen LogP contribution is 2.25. The molecule has 0 saturated carbocycles. The molecule has 1 aromatic carbocycles. The molecule has 0 spiro atoms. The zero-order valence-electron chi connectivity index (χ0n) is 9.14. The van der Waals surface area contributed by atoms with E-state index >= 15 is 0 Å². The van der Waals surface area contributed by atoms with Crippen molar-refractivity contribution in [3.05, 3.63) is 46.0 Å². The molecule has 18 heavy (non-hydrogen) atoms. The van der Waals surface area contributed by atoms with Gasteiger partial charge in [0.05, 0.1) is 11.1 Å². The normalized spacial score (nSPS) is 11.0. The number of aromatic nitrogens is 3. The fourth-order valence-electron chi connectivity index (χ4n) is 1.79. The van der Waals surface area contributed by atoms with Crippen molar-refractivity contribution in [3.8, 4) is 5.69 Å². The molecule has 0 amide bonds. The van der Waals surface area contributed by atoms with Gasteiger partial charge in [-0.05, 0) is 40.2 Å². The van der Waals surface area contributed by atoms with Crippen molar-refractivity contribution in [1.82, 2.24) is 14.8 Å². The number of benzene rings is 1. The summed E-state index contributed by atoms with van der Waals surface area (Å²) in [7, 11) is 0. The first kappa shape index (κ1) is 11.5. The Balaban J connectivity index is 2.30. The molecule has 2 heterocycles. The molecular weight excluding hydrogens is 316 g/mol. The van der Waals surface area contributed by atoms with Gasteiger partial charge in [0.2, 0.25) is 0 Å². The lowest BCUT2D eigenvalue weighted by atomic mass is 10.3. The summed E-state index contributed by atoms with van der Waals surface area (Å²) in [4.78, 5) is 4.34. The number of halogens is 2. The summed E-state index contributed by atoms with van der Waals surface area (Å²) < 4.78 is 2.55. The van der Waals surface area contributed by atoms with Crippen LogP contribution in [-0.2, 0) is 0 Å². The van der Waals surface area contributed by atoms with Crippen LogP contribution in [0.15, 0.2) is 41.0 Å². The molecule has 0 saturated heterocycles. The maximum Gasteiger partial charge on any atom is 0.165 e. The zero-order valence-corrected chi connectivity index (χ0v) is 11.5. The number of hydrogen-bond donors (Lipinski definition) is 1. The van der Waals surface area contributed by atoms with Crippen LogP contribution in [-0.4, -0.2) is 14.8 Å². The summed E-state index contributed by atoms with van der Waals surface area (Å²) in [6.07, 6.45) is 1.71. The van der Waals surface area contributed by atoms with Gasteiger partial charge in [0.25, 0.3) is 0 Å². The molecule has 2 N–H and O–H groups in total. The fourth-order valence-corrected chi connectivity index (χ4v) is 2.30. The number of anilines is 1. The van der Waals surface area contributed by atoms with Gasteiger partial charge in [0.15, 0.2) is 11.5 Å². The van der Waals surface area contributed by atoms with Gasteiger partial charge in [-0.2, -0.15) is 0 Å². The van der Waals surface area contributed by atoms with E-state index in [1.807, 2.05) is 30.3 Å². The van der Waals surface area contributed by atoms with Gasteiger partial charge in [0.1, 0.15) is 0 Å². The molecule has 0 aliphatic rings. The van der Waals surface area contributed by atoms with Crippen LogP contribution in [0.2, 0.25) is 5.02 Å². The average Bonchev–Trinajstić information content (AvgIpc) is 2.67. The minimum Gasteiger partial charge on any atom is -0.382 e. The molecule has 4 nitrogen and oxygen atoms in total. The number of hydrogen-bond acceptors (Lipinski definition) is 3. The summed E-state index contributed by atoms with van der Waals surface area (Å²) in [6.45, 7) is 0. The first-order valence-electron chi connectivity index (χ1n) is 5.21. The van der Waals surface area contributed by atoms with Crippen molar-refractivity contribution in [2.45, 2.75) is 0 Å². The minimum absolute atomic E-state index is 0.443. The van der Waals surface area contributed by atoms with Gasteiger partial charge in [-0.1, -0.05) is 17.7 Å². The number of rotatable bonds is 1. The van der Waals surface area contributed by atoms with Crippen LogP contribution >= 0.6 is 27.5 Å². The molecule has 0 bridgehead atoms. The van der Waals surface area contributed by atoms with Crippen LogP contribution in [0.5, 0.6) is 0 Å². The summed E-state index contributed by atoms with van der Waals surface area (Å²) >= 11 is 9.35. The number of nitrogens with two attached hydrogens (primary N) is 1. The lowest BCUT2D eigenvalue weighted by molar-refractivity contribution is 0.902. The third-order valence-electron chi connectivity index (χ3n) is 2.57. The van der Waals surface area contributed by atoms with Crippen molar-refractivity contribution in [1.29, 1.82) is 0 Å². The Morgan fingerprint density at radius 2 is 2.11 bits per heavy atom. The van der Waals surface area contributed by atoms with Crippen molar-refractivity contribution >= 4 is 44.4 Å². The van der Waals surface area contributed by atoms with Crippen molar-refractivity contribution in [3.63, 3.8) is 0 Å². The molecule has 0 aliphatic heterocycles. The Kier molecular flexibility index (Phi) is 2.72. The Morgan fingerprint density at radius 1 is 1.28 bits per heavy atom. The molecule has 0 radical (unpaired) electrons. The molecule has 0 atom stereocenters. The molecule has 3 aromatic rings. The Bertz CT molecular complexity index is 738. The second-order valence-electron chi connectivity index (χ2n) is 3.80. The molecule has 90 valence electrons. The largest absolute Gasteiger partial charge is 0.382 e. The molecule has 0 unspecified atom stereocenters. The first-order valence-corrected chi connectivity index (χ1v) is 6.38. The molecule has 6 heteroatoms. The highest BCUT2D eigenvalue weighted by molar-refractivity contribution is 9.10. The van der Waals surface area contributed by atoms with Gasteiger partial charge >= 0.3 is 0 Å². The lowest BCUT2D eigenvalue weighted by Crippen LogP contribution is -1.98. The summed E-state index contributed by atoms with van der Waals surface area (Å²) in [6, 6.07) is 9.29. The van der Waals surface area contributed by atoms with E-state index in [0.29, 0.717) is 16.5 Å². The summed E-state index contributed by atoms with van der Waals surface area (Å²) in [5, 5.41) is 5.75. The lowest BCUT2D eigenvalue weighted by Gasteiger charge is -2.02. The van der Waals surface area contributed by atoms with E-state index in [0.717, 1.165) is 15.5 Å². The quantitative estimate of drug-likeness (QED) is 0.746. The summed E-state index contributed by atoms with van der Waals surface area (Å²) in [5.41, 5.74) is 7.43. The number of nitrogens with zero attached hydrogens (tertiary/aromatic N) is 3. The topological polar surface area (TPSA) is 56.7 Å². The van der Waals surface area contributed by atoms with E-state index in [1.165, 1.54) is 0 Å². The number of nitrogen functional groups attached to an aromatic ring is 1. The third-order valence-corrected chi connectivity index (χ3v) is 3.24. The Labute approximate surface area is 117 Å². The van der Waals surface area contributed by atoms with Crippen LogP contribution in [0.25, 0.3) is 16.7 Å². The van der Waals surface area contributed by atoms with E-state index in [-0.39, 0.29) is 0 Å². The fraction of sp³-hybridized carbons (Fsp3) is 0. The Morgan fingerprint density at radius 3 is 2.89 bits per heavy atom. The molecular formula is C12H8BrClN4. The molecule has 0 fully saturated rings. The van der Waals surface area contributed by atoms with Gasteiger partial charge < -0.3 is 5.73 Å². The smallest absolute Gasteiger partial charge is 0.165 e. The van der Waals surface area contributed by atoms with Gasteiger partial charge in [-0.25, -0.2) is 9.67 Å². The average molecular weight is 324 g/mol. The van der Waals surface area contributed by atoms with E-state index in [2.05, 4.69) is 26.0 Å². The van der Waals surface area contributed by atoms with Crippen molar-refractivity contribution in [2.24, 2.45) is 0 Å². The van der Waals surface area contributed by atoms with Crippen LogP contribution in [0.1, 0.15) is 0 Å². The number of pyridine rings is 1. The molecule has 2 aromatic heterocycles. The second-order valence-corrected chi connectivity index (χ2v) is 5.15. The molecule has 3 rings (SSSR count). The summed E-state index contributed by atoms with van der Waals surface area (Å²) in [5.74, 6) is 0.443. The highest BCUT2D eigenvalue weighted by Gasteiger charge is 2.11. The van der Waals surface area contributed by atoms with Gasteiger partial charge in [0, 0.05) is 15.7 Å². The van der Waals surface area contributed by atoms with E-state index in [1.54, 1.807) is 10.9 Å². The van der Waals surface area contributed by atoms with Gasteiger partial charge in [-0.3, -0.25) is 0 Å². The van der Waals surface area contributed by atoms with Crippen LogP contribution in [0.3, 0.4) is 0 Å². The van der Waals surface area contributed by atoms with E-state index in [9.17, 15) is 0 Å². The zero-order chi connectivity index (χ0) is 12.7. The maximum absolute atomic E-state index is 5.98. The number of fused-ring (bicyclic) bond motifs is 1. The predicted octanol–water partition coefficient (Wildman–Crippen LogP) is 3.42. The van der Waals surface area contributed by atoms with Gasteiger partial charge in [-0.15, -0.1) is 5.10 Å². The standard InChI is InChI=1S/C12H8BrClN4/c13-7-4-10-11(15)17-18(12(10)16-6-7)9-3-1-2-8(14)5-9/h1-6H,(H2,15,17). The Hall–Kier alpha value is -1.59. The highest BCUT2D eigenvalue weighted by atomic mass is 79.9.